The molecule has 1 aliphatic heterocycles. The summed E-state index contributed by atoms with van der Waals surface area (Å²) in [5.41, 5.74) is 25.9. The Morgan fingerprint density at radius 1 is 0.922 bits per heavy atom. The fourth-order valence-electron chi connectivity index (χ4n) is 5.73. The number of nitrogens with one attached hydrogen (secondary N) is 2. The second kappa shape index (κ2) is 17.4. The summed E-state index contributed by atoms with van der Waals surface area (Å²) in [7, 11) is 3.17. The Morgan fingerprint density at radius 3 is 2.35 bits per heavy atom. The maximum Gasteiger partial charge on any atom is 0.266 e. The molecule has 4 aromatic carbocycles. The Labute approximate surface area is 294 Å². The molecule has 1 aliphatic rings. The van der Waals surface area contributed by atoms with Gasteiger partial charge in [-0.25, -0.2) is 10.4 Å². The normalized spacial score (nSPS) is 16.1. The van der Waals surface area contributed by atoms with E-state index < -0.39 is 17.6 Å². The molecule has 3 N–H and O–H groups in total. The lowest BCUT2D eigenvalue weighted by molar-refractivity contribution is -0.130. The van der Waals surface area contributed by atoms with Crippen LogP contribution in [0.2, 0.25) is 0 Å². The van der Waals surface area contributed by atoms with E-state index in [2.05, 4.69) is 30.9 Å². The second-order valence-electron chi connectivity index (χ2n) is 11.3. The molecule has 1 amide bonds. The number of amides is 1. The molecule has 1 heterocycles. The van der Waals surface area contributed by atoms with Crippen molar-refractivity contribution >= 4 is 23.2 Å². The molecule has 262 valence electrons. The van der Waals surface area contributed by atoms with Gasteiger partial charge < -0.3 is 24.1 Å². The van der Waals surface area contributed by atoms with Gasteiger partial charge >= 0.3 is 0 Å². The molecular formula is C36H37N9O6. The number of nitrogens with zero attached hydrogens (tertiary/aromatic N) is 7. The lowest BCUT2D eigenvalue weighted by Gasteiger charge is -2.31. The van der Waals surface area contributed by atoms with Gasteiger partial charge in [0.15, 0.2) is 11.6 Å². The van der Waals surface area contributed by atoms with Crippen LogP contribution in [0.5, 0.6) is 17.2 Å². The Balaban J connectivity index is 1.56. The minimum atomic E-state index is -1.70. The molecule has 0 radical (unpaired) electrons. The summed E-state index contributed by atoms with van der Waals surface area (Å²) in [4.78, 5) is 25.6. The number of aliphatic imine (C=N–C) groups is 1. The van der Waals surface area contributed by atoms with E-state index in [4.69, 9.17) is 29.0 Å². The van der Waals surface area contributed by atoms with Crippen molar-refractivity contribution in [2.75, 3.05) is 34.0 Å². The fraction of sp³-hybridized carbons (Fsp3) is 0.278. The third-order valence-corrected chi connectivity index (χ3v) is 8.21. The molecular weight excluding hydrogens is 654 g/mol. The first-order chi connectivity index (χ1) is 25.0. The van der Waals surface area contributed by atoms with Crippen LogP contribution in [0.25, 0.3) is 20.9 Å². The van der Waals surface area contributed by atoms with Crippen LogP contribution in [-0.2, 0) is 22.4 Å². The lowest BCUT2D eigenvalue weighted by Crippen LogP contribution is -2.54. The highest BCUT2D eigenvalue weighted by atomic mass is 16.5. The third kappa shape index (κ3) is 8.50. The number of methoxy groups -OCH3 is 2. The zero-order valence-corrected chi connectivity index (χ0v) is 28.1. The first-order valence-corrected chi connectivity index (χ1v) is 16.1. The van der Waals surface area contributed by atoms with Crippen molar-refractivity contribution in [3.63, 3.8) is 0 Å². The maximum absolute atomic E-state index is 14.7. The van der Waals surface area contributed by atoms with Crippen LogP contribution in [0.3, 0.4) is 0 Å². The van der Waals surface area contributed by atoms with Crippen LogP contribution in [0.15, 0.2) is 106 Å². The van der Waals surface area contributed by atoms with Crippen LogP contribution in [0, 0.1) is 0 Å². The highest BCUT2D eigenvalue weighted by molar-refractivity contribution is 6.01. The smallest absolute Gasteiger partial charge is 0.266 e. The molecule has 0 unspecified atom stereocenters. The molecule has 0 fully saturated rings. The summed E-state index contributed by atoms with van der Waals surface area (Å²) in [6.07, 6.45) is -0.177. The van der Waals surface area contributed by atoms with Crippen LogP contribution < -0.4 is 25.1 Å². The van der Waals surface area contributed by atoms with Gasteiger partial charge in [0.2, 0.25) is 5.90 Å². The van der Waals surface area contributed by atoms with Crippen molar-refractivity contribution in [1.29, 1.82) is 0 Å². The predicted molar refractivity (Wildman–Crippen MR) is 190 cm³/mol. The number of azide groups is 2. The van der Waals surface area contributed by atoms with E-state index in [1.54, 1.807) is 93.1 Å². The molecule has 5 rings (SSSR count). The largest absolute Gasteiger partial charge is 0.497 e. The fourth-order valence-corrected chi connectivity index (χ4v) is 5.73. The minimum absolute atomic E-state index is 0.0123. The standard InChI is InChI=1S/C36H37N9O6/c1-48-28-16-17-32(49-2)25(22-28)18-19-39-43-35(47)36(23-26-8-3-5-10-30(26)41-44-37)33(29-9-4-6-11-31(29)42-45-38)51-34(40-36)24-12-14-27(15-13-24)50-21-7-20-46/h3-6,8-17,22,33,39,46H,7,18-21,23H2,1-2H3,(H,43,47)/t33-,36-/m0/s1. The van der Waals surface area contributed by atoms with Gasteiger partial charge in [-0.15, -0.1) is 0 Å². The second-order valence-corrected chi connectivity index (χ2v) is 11.3. The lowest BCUT2D eigenvalue weighted by atomic mass is 9.81. The molecule has 0 aromatic heterocycles. The zero-order chi connectivity index (χ0) is 36.1. The average Bonchev–Trinajstić information content (AvgIpc) is 3.55. The summed E-state index contributed by atoms with van der Waals surface area (Å²) < 4.78 is 23.1. The molecule has 15 heteroatoms. The van der Waals surface area contributed by atoms with Crippen molar-refractivity contribution in [3.05, 3.63) is 134 Å². The molecule has 4 aromatic rings. The highest BCUT2D eigenvalue weighted by Gasteiger charge is 2.54. The topological polar surface area (TPSA) is 208 Å². The van der Waals surface area contributed by atoms with Crippen LogP contribution in [0.4, 0.5) is 11.4 Å². The summed E-state index contributed by atoms with van der Waals surface area (Å²) >= 11 is 0. The number of hydrogen-bond acceptors (Lipinski definition) is 10. The average molecular weight is 692 g/mol. The van der Waals surface area contributed by atoms with E-state index >= 15 is 0 Å². The molecule has 0 saturated heterocycles. The van der Waals surface area contributed by atoms with Crippen molar-refractivity contribution < 1.29 is 28.8 Å². The van der Waals surface area contributed by atoms with Gasteiger partial charge in [0, 0.05) is 58.3 Å². The Bertz CT molecular complexity index is 1960. The van der Waals surface area contributed by atoms with Crippen molar-refractivity contribution in [2.45, 2.75) is 30.9 Å². The van der Waals surface area contributed by atoms with Gasteiger partial charge in [-0.2, -0.15) is 0 Å². The summed E-state index contributed by atoms with van der Waals surface area (Å²) in [5.74, 6) is 1.54. The number of aliphatic hydroxyl groups excluding tert-OH is 1. The van der Waals surface area contributed by atoms with Crippen LogP contribution >= 0.6 is 0 Å². The molecule has 51 heavy (non-hydrogen) atoms. The van der Waals surface area contributed by atoms with Crippen molar-refractivity contribution in [3.8, 4) is 17.2 Å². The van der Waals surface area contributed by atoms with Gasteiger partial charge in [0.25, 0.3) is 5.91 Å². The molecule has 0 bridgehead atoms. The van der Waals surface area contributed by atoms with E-state index in [1.165, 1.54) is 0 Å². The molecule has 0 aliphatic carbocycles. The Morgan fingerprint density at radius 2 is 1.63 bits per heavy atom. The number of aliphatic hydroxyl groups is 1. The van der Waals surface area contributed by atoms with E-state index in [0.29, 0.717) is 65.6 Å². The van der Waals surface area contributed by atoms with Gasteiger partial charge in [0.1, 0.15) is 17.2 Å². The molecule has 2 atom stereocenters. The number of carbonyl (C=O) groups excluding carboxylic acids is 1. The first kappa shape index (κ1) is 36.1. The summed E-state index contributed by atoms with van der Waals surface area (Å²) in [6.45, 7) is 0.672. The van der Waals surface area contributed by atoms with E-state index in [-0.39, 0.29) is 24.6 Å². The molecule has 0 spiro atoms. The number of rotatable bonds is 17. The van der Waals surface area contributed by atoms with Crippen molar-refractivity contribution in [2.24, 2.45) is 15.2 Å². The molecule has 15 nitrogen and oxygen atoms in total. The number of hydrazine groups is 1. The van der Waals surface area contributed by atoms with Gasteiger partial charge in [-0.05, 0) is 71.1 Å². The quantitative estimate of drug-likeness (QED) is 0.0358. The zero-order valence-electron chi connectivity index (χ0n) is 28.1. The number of benzene rings is 4. The third-order valence-electron chi connectivity index (χ3n) is 8.21. The monoisotopic (exact) mass is 691 g/mol. The summed E-state index contributed by atoms with van der Waals surface area (Å²) in [5, 5.41) is 16.9. The highest BCUT2D eigenvalue weighted by Crippen LogP contribution is 2.46. The Hall–Kier alpha value is -6.24. The summed E-state index contributed by atoms with van der Waals surface area (Å²) in [6, 6.07) is 26.2. The van der Waals surface area contributed by atoms with E-state index in [9.17, 15) is 15.9 Å². The molecule has 0 saturated carbocycles. The van der Waals surface area contributed by atoms with Crippen LogP contribution in [0.1, 0.15) is 34.8 Å². The first-order valence-electron chi connectivity index (χ1n) is 16.1. The number of carbonyl (C=O) groups is 1. The Kier molecular flexibility index (Phi) is 12.3. The van der Waals surface area contributed by atoms with Gasteiger partial charge in [-0.3, -0.25) is 10.2 Å². The van der Waals surface area contributed by atoms with Crippen LogP contribution in [-0.4, -0.2) is 56.4 Å². The van der Waals surface area contributed by atoms with E-state index in [1.807, 2.05) is 12.1 Å². The van der Waals surface area contributed by atoms with E-state index in [0.717, 1.165) is 5.56 Å². The number of ether oxygens (including phenoxy) is 4. The predicted octanol–water partition coefficient (Wildman–Crippen LogP) is 6.71. The van der Waals surface area contributed by atoms with Gasteiger partial charge in [0.05, 0.1) is 20.8 Å². The minimum Gasteiger partial charge on any atom is -0.497 e. The maximum atomic E-state index is 14.7. The number of hydrogen-bond donors (Lipinski definition) is 3. The van der Waals surface area contributed by atoms with Gasteiger partial charge in [-0.1, -0.05) is 58.8 Å². The SMILES string of the molecule is COc1ccc(OC)c(CCNNC(=O)[C@@]2(Cc3ccccc3N=[N+]=[N-])N=C(c3ccc(OCCCO)cc3)O[C@H]2c2ccccc2N=[N+]=[N-])c1. The van der Waals surface area contributed by atoms with Crippen molar-refractivity contribution in [1.82, 2.24) is 10.9 Å².